The quantitative estimate of drug-likeness (QED) is 0.774. The molecular formula is C13H21FN2O. The third-order valence-corrected chi connectivity index (χ3v) is 2.53. The summed E-state index contributed by atoms with van der Waals surface area (Å²) in [7, 11) is 0. The lowest BCUT2D eigenvalue weighted by Gasteiger charge is -2.28. The number of rotatable bonds is 5. The first-order valence-electron chi connectivity index (χ1n) is 5.80. The van der Waals surface area contributed by atoms with Crippen LogP contribution in [0.2, 0.25) is 0 Å². The lowest BCUT2D eigenvalue weighted by Crippen LogP contribution is -2.38. The number of aliphatic hydroxyl groups is 1. The molecule has 4 heteroatoms. The van der Waals surface area contributed by atoms with Crippen LogP contribution >= 0.6 is 0 Å². The number of anilines is 1. The highest BCUT2D eigenvalue weighted by molar-refractivity contribution is 5.41. The maximum Gasteiger partial charge on any atom is 0.146 e. The van der Waals surface area contributed by atoms with Crippen LogP contribution in [0.25, 0.3) is 0 Å². The molecule has 0 fully saturated rings. The minimum Gasteiger partial charge on any atom is -0.396 e. The molecule has 0 radical (unpaired) electrons. The van der Waals surface area contributed by atoms with Crippen LogP contribution in [0.3, 0.4) is 0 Å². The summed E-state index contributed by atoms with van der Waals surface area (Å²) in [5, 5.41) is 9.76. The number of nitrogens with zero attached hydrogens (tertiary/aromatic N) is 1. The van der Waals surface area contributed by atoms with Crippen LogP contribution in [0.5, 0.6) is 0 Å². The van der Waals surface area contributed by atoms with Crippen molar-refractivity contribution >= 4 is 5.69 Å². The fourth-order valence-corrected chi connectivity index (χ4v) is 1.75. The third-order valence-electron chi connectivity index (χ3n) is 2.53. The van der Waals surface area contributed by atoms with Gasteiger partial charge in [0.05, 0.1) is 11.3 Å². The van der Waals surface area contributed by atoms with E-state index in [9.17, 15) is 9.50 Å². The normalized spacial score (nSPS) is 12.1. The van der Waals surface area contributed by atoms with Gasteiger partial charge in [0.1, 0.15) is 5.82 Å². The summed E-state index contributed by atoms with van der Waals surface area (Å²) < 4.78 is 13.3. The first kappa shape index (κ1) is 13.9. The Hall–Kier alpha value is -1.13. The molecule has 3 nitrogen and oxygen atoms in total. The van der Waals surface area contributed by atoms with Crippen molar-refractivity contribution in [3.8, 4) is 0 Å². The van der Waals surface area contributed by atoms with Crippen molar-refractivity contribution in [2.24, 2.45) is 0 Å². The Labute approximate surface area is 102 Å². The van der Waals surface area contributed by atoms with Gasteiger partial charge in [-0.2, -0.15) is 0 Å². The summed E-state index contributed by atoms with van der Waals surface area (Å²) in [4.78, 5) is 2.06. The number of benzene rings is 1. The highest BCUT2D eigenvalue weighted by Crippen LogP contribution is 2.15. The van der Waals surface area contributed by atoms with Crippen LogP contribution in [0, 0.1) is 5.82 Å². The molecule has 0 aliphatic heterocycles. The van der Waals surface area contributed by atoms with E-state index in [4.69, 9.17) is 5.73 Å². The summed E-state index contributed by atoms with van der Waals surface area (Å²) in [6.07, 6.45) is 0. The van der Waals surface area contributed by atoms with Crippen molar-refractivity contribution in [3.05, 3.63) is 29.6 Å². The van der Waals surface area contributed by atoms with Crippen LogP contribution in [-0.4, -0.2) is 28.7 Å². The highest BCUT2D eigenvalue weighted by atomic mass is 19.1. The lowest BCUT2D eigenvalue weighted by atomic mass is 10.1. The second-order valence-electron chi connectivity index (χ2n) is 4.97. The molecule has 0 atom stereocenters. The maximum atomic E-state index is 13.3. The van der Waals surface area contributed by atoms with Gasteiger partial charge in [0.2, 0.25) is 0 Å². The Morgan fingerprint density at radius 1 is 1.41 bits per heavy atom. The Morgan fingerprint density at radius 2 is 2.06 bits per heavy atom. The van der Waals surface area contributed by atoms with Crippen LogP contribution in [-0.2, 0) is 6.54 Å². The predicted octanol–water partition coefficient (Wildman–Crippen LogP) is 2.00. The molecule has 0 saturated carbocycles. The highest BCUT2D eigenvalue weighted by Gasteiger charge is 2.17. The van der Waals surface area contributed by atoms with Crippen molar-refractivity contribution < 1.29 is 9.50 Å². The zero-order valence-electron chi connectivity index (χ0n) is 10.7. The van der Waals surface area contributed by atoms with Gasteiger partial charge in [-0.1, -0.05) is 13.0 Å². The lowest BCUT2D eigenvalue weighted by molar-refractivity contribution is 0.0353. The van der Waals surface area contributed by atoms with Crippen molar-refractivity contribution in [1.82, 2.24) is 4.90 Å². The Bertz CT molecular complexity index is 374. The van der Waals surface area contributed by atoms with Crippen LogP contribution < -0.4 is 5.73 Å². The minimum absolute atomic E-state index is 0.166. The average Bonchev–Trinajstić information content (AvgIpc) is 2.20. The maximum absolute atomic E-state index is 13.3. The molecule has 0 amide bonds. The largest absolute Gasteiger partial charge is 0.396 e. The molecule has 0 saturated heterocycles. The van der Waals surface area contributed by atoms with Crippen molar-refractivity contribution in [1.29, 1.82) is 0 Å². The average molecular weight is 240 g/mol. The van der Waals surface area contributed by atoms with E-state index in [-0.39, 0.29) is 11.5 Å². The number of hydrogen-bond acceptors (Lipinski definition) is 3. The molecule has 0 aliphatic rings. The van der Waals surface area contributed by atoms with Crippen molar-refractivity contribution in [3.63, 3.8) is 0 Å². The van der Waals surface area contributed by atoms with E-state index in [1.165, 1.54) is 6.07 Å². The molecule has 0 spiro atoms. The Morgan fingerprint density at radius 3 is 2.53 bits per heavy atom. The van der Waals surface area contributed by atoms with Crippen molar-refractivity contribution in [2.75, 3.05) is 18.8 Å². The van der Waals surface area contributed by atoms with Gasteiger partial charge in [0.25, 0.3) is 0 Å². The van der Waals surface area contributed by atoms with Gasteiger partial charge in [0, 0.05) is 13.1 Å². The number of nitrogens with two attached hydrogens (primary N) is 1. The summed E-state index contributed by atoms with van der Waals surface area (Å²) in [5.41, 5.74) is 5.71. The van der Waals surface area contributed by atoms with Gasteiger partial charge in [-0.3, -0.25) is 4.90 Å². The molecule has 0 unspecified atom stereocenters. The standard InChI is InChI=1S/C13H21FN2O/c1-4-16(9-13(2,3)17)8-10-5-6-12(15)11(14)7-10/h5-7,17H,4,8-9,15H2,1-3H3. The second-order valence-corrected chi connectivity index (χ2v) is 4.97. The molecule has 1 aromatic carbocycles. The first-order chi connectivity index (χ1) is 7.81. The minimum atomic E-state index is -0.748. The molecule has 3 N–H and O–H groups in total. The molecule has 96 valence electrons. The Balaban J connectivity index is 2.70. The monoisotopic (exact) mass is 240 g/mol. The van der Waals surface area contributed by atoms with Crippen LogP contribution in [0.4, 0.5) is 10.1 Å². The fraction of sp³-hybridized carbons (Fsp3) is 0.538. The van der Waals surface area contributed by atoms with E-state index < -0.39 is 5.60 Å². The van der Waals surface area contributed by atoms with E-state index in [0.29, 0.717) is 13.1 Å². The van der Waals surface area contributed by atoms with E-state index in [2.05, 4.69) is 4.90 Å². The zero-order valence-corrected chi connectivity index (χ0v) is 10.7. The van der Waals surface area contributed by atoms with Crippen LogP contribution in [0.15, 0.2) is 18.2 Å². The van der Waals surface area contributed by atoms with Crippen LogP contribution in [0.1, 0.15) is 26.3 Å². The summed E-state index contributed by atoms with van der Waals surface area (Å²) in [6.45, 7) is 7.50. The predicted molar refractivity (Wildman–Crippen MR) is 68.1 cm³/mol. The first-order valence-corrected chi connectivity index (χ1v) is 5.80. The number of nitrogen functional groups attached to an aromatic ring is 1. The summed E-state index contributed by atoms with van der Waals surface area (Å²) >= 11 is 0. The van der Waals surface area contributed by atoms with Gasteiger partial charge in [-0.15, -0.1) is 0 Å². The topological polar surface area (TPSA) is 49.5 Å². The second kappa shape index (κ2) is 5.47. The van der Waals surface area contributed by atoms with Gasteiger partial charge in [-0.25, -0.2) is 4.39 Å². The van der Waals surface area contributed by atoms with E-state index >= 15 is 0 Å². The fourth-order valence-electron chi connectivity index (χ4n) is 1.75. The molecule has 0 aromatic heterocycles. The van der Waals surface area contributed by atoms with Gasteiger partial charge >= 0.3 is 0 Å². The molecule has 0 aliphatic carbocycles. The number of likely N-dealkylation sites (N-methyl/N-ethyl adjacent to an activating group) is 1. The Kier molecular flexibility index (Phi) is 4.48. The van der Waals surface area contributed by atoms with E-state index in [0.717, 1.165) is 12.1 Å². The van der Waals surface area contributed by atoms with Crippen molar-refractivity contribution in [2.45, 2.75) is 32.9 Å². The summed E-state index contributed by atoms with van der Waals surface area (Å²) in [6, 6.07) is 4.83. The van der Waals surface area contributed by atoms with E-state index in [1.807, 2.05) is 13.0 Å². The van der Waals surface area contributed by atoms with Gasteiger partial charge in [-0.05, 0) is 38.1 Å². The number of hydrogen-bond donors (Lipinski definition) is 2. The molecule has 17 heavy (non-hydrogen) atoms. The van der Waals surface area contributed by atoms with Gasteiger partial charge in [0.15, 0.2) is 0 Å². The molecule has 0 bridgehead atoms. The van der Waals surface area contributed by atoms with E-state index in [1.54, 1.807) is 19.9 Å². The summed E-state index contributed by atoms with van der Waals surface area (Å²) in [5.74, 6) is -0.387. The molecule has 1 aromatic rings. The molecular weight excluding hydrogens is 219 g/mol. The smallest absolute Gasteiger partial charge is 0.146 e. The molecule has 0 heterocycles. The number of halogens is 1. The molecule has 1 rings (SSSR count). The SMILES string of the molecule is CCN(Cc1ccc(N)c(F)c1)CC(C)(C)O. The zero-order chi connectivity index (χ0) is 13.1. The van der Waals surface area contributed by atoms with Gasteiger partial charge < -0.3 is 10.8 Å². The third kappa shape index (κ3) is 4.71.